The van der Waals surface area contributed by atoms with Crippen LogP contribution in [-0.2, 0) is 11.2 Å². The van der Waals surface area contributed by atoms with Gasteiger partial charge in [0.05, 0.1) is 17.0 Å². The SMILES string of the molecule is Br.COC(=O)c1cc(-c2csc(Nc3ccc(Cc4ccccc4)cc3)n2)c(SC)s1. The monoisotopic (exact) mass is 532 g/mol. The number of esters is 1. The molecule has 0 aliphatic carbocycles. The number of hydrogen-bond donors (Lipinski definition) is 1. The van der Waals surface area contributed by atoms with Crippen molar-refractivity contribution in [3.05, 3.63) is 82.0 Å². The Balaban J connectivity index is 0.00000272. The van der Waals surface area contributed by atoms with Crippen LogP contribution >= 0.6 is 51.4 Å². The molecule has 0 radical (unpaired) electrons. The highest BCUT2D eigenvalue weighted by atomic mass is 79.9. The van der Waals surface area contributed by atoms with Crippen molar-refractivity contribution in [2.75, 3.05) is 18.7 Å². The lowest BCUT2D eigenvalue weighted by Crippen LogP contribution is -1.96. The Kier molecular flexibility index (Phi) is 8.31. The summed E-state index contributed by atoms with van der Waals surface area (Å²) in [6.45, 7) is 0. The number of aromatic nitrogens is 1. The van der Waals surface area contributed by atoms with Gasteiger partial charge in [0.1, 0.15) is 4.88 Å². The third kappa shape index (κ3) is 5.77. The second-order valence-corrected chi connectivity index (χ2v) is 9.51. The highest BCUT2D eigenvalue weighted by molar-refractivity contribution is 8.93. The molecule has 4 aromatic rings. The van der Waals surface area contributed by atoms with Crippen LogP contribution in [0.4, 0.5) is 10.8 Å². The van der Waals surface area contributed by atoms with Gasteiger partial charge in [-0.2, -0.15) is 0 Å². The first-order chi connectivity index (χ1) is 14.7. The normalized spacial score (nSPS) is 10.4. The molecule has 0 saturated heterocycles. The lowest BCUT2D eigenvalue weighted by molar-refractivity contribution is 0.0606. The first kappa shape index (κ1) is 23.5. The predicted octanol–water partition coefficient (Wildman–Crippen LogP) is 7.29. The molecule has 8 heteroatoms. The van der Waals surface area contributed by atoms with Gasteiger partial charge in [0, 0.05) is 16.6 Å². The van der Waals surface area contributed by atoms with Gasteiger partial charge in [0.25, 0.3) is 0 Å². The second-order valence-electron chi connectivity index (χ2n) is 6.53. The molecule has 0 fully saturated rings. The van der Waals surface area contributed by atoms with E-state index in [-0.39, 0.29) is 23.0 Å². The number of thioether (sulfide) groups is 1. The number of nitrogens with one attached hydrogen (secondary N) is 1. The minimum absolute atomic E-state index is 0. The topological polar surface area (TPSA) is 51.2 Å². The first-order valence-electron chi connectivity index (χ1n) is 9.28. The van der Waals surface area contributed by atoms with Gasteiger partial charge in [-0.3, -0.25) is 0 Å². The summed E-state index contributed by atoms with van der Waals surface area (Å²) in [5, 5.41) is 6.20. The lowest BCUT2D eigenvalue weighted by atomic mass is 10.1. The minimum Gasteiger partial charge on any atom is -0.465 e. The number of hydrogen-bond acceptors (Lipinski definition) is 7. The van der Waals surface area contributed by atoms with Gasteiger partial charge in [-0.15, -0.1) is 51.4 Å². The van der Waals surface area contributed by atoms with Crippen LogP contribution in [-0.4, -0.2) is 24.3 Å². The minimum atomic E-state index is -0.314. The highest BCUT2D eigenvalue weighted by Crippen LogP contribution is 2.39. The molecule has 160 valence electrons. The zero-order chi connectivity index (χ0) is 20.9. The Hall–Kier alpha value is -2.13. The van der Waals surface area contributed by atoms with E-state index in [0.717, 1.165) is 32.7 Å². The average molecular weight is 534 g/mol. The van der Waals surface area contributed by atoms with Crippen LogP contribution in [0.3, 0.4) is 0 Å². The quantitative estimate of drug-likeness (QED) is 0.200. The Labute approximate surface area is 204 Å². The number of methoxy groups -OCH3 is 1. The first-order valence-corrected chi connectivity index (χ1v) is 12.2. The van der Waals surface area contributed by atoms with Crippen molar-refractivity contribution in [3.8, 4) is 11.3 Å². The van der Waals surface area contributed by atoms with Gasteiger partial charge in [-0.05, 0) is 42.0 Å². The molecule has 0 amide bonds. The molecule has 0 aliphatic heterocycles. The zero-order valence-electron chi connectivity index (χ0n) is 17.0. The fraction of sp³-hybridized carbons (Fsp3) is 0.130. The van der Waals surface area contributed by atoms with Crippen molar-refractivity contribution in [1.82, 2.24) is 4.98 Å². The Morgan fingerprint density at radius 3 is 2.48 bits per heavy atom. The third-order valence-corrected chi connectivity index (χ3v) is 7.51. The largest absolute Gasteiger partial charge is 0.465 e. The van der Waals surface area contributed by atoms with Gasteiger partial charge in [-0.25, -0.2) is 9.78 Å². The number of nitrogens with zero attached hydrogens (tertiary/aromatic N) is 1. The van der Waals surface area contributed by atoms with E-state index < -0.39 is 0 Å². The molecule has 0 spiro atoms. The van der Waals surface area contributed by atoms with Crippen LogP contribution in [0.1, 0.15) is 20.8 Å². The van der Waals surface area contributed by atoms with E-state index in [2.05, 4.69) is 53.8 Å². The second kappa shape index (κ2) is 10.9. The van der Waals surface area contributed by atoms with Gasteiger partial charge in [0.2, 0.25) is 0 Å². The summed E-state index contributed by atoms with van der Waals surface area (Å²) < 4.78 is 5.90. The van der Waals surface area contributed by atoms with E-state index in [9.17, 15) is 4.79 Å². The van der Waals surface area contributed by atoms with Crippen LogP contribution < -0.4 is 5.32 Å². The Morgan fingerprint density at radius 1 is 1.10 bits per heavy atom. The molecule has 1 N–H and O–H groups in total. The summed E-state index contributed by atoms with van der Waals surface area (Å²) in [7, 11) is 1.40. The summed E-state index contributed by atoms with van der Waals surface area (Å²) in [6.07, 6.45) is 2.92. The van der Waals surface area contributed by atoms with Gasteiger partial charge >= 0.3 is 5.97 Å². The number of halogens is 1. The lowest BCUT2D eigenvalue weighted by Gasteiger charge is -2.05. The maximum Gasteiger partial charge on any atom is 0.348 e. The maximum absolute atomic E-state index is 11.9. The van der Waals surface area contributed by atoms with Crippen molar-refractivity contribution < 1.29 is 9.53 Å². The van der Waals surface area contributed by atoms with Crippen molar-refractivity contribution in [1.29, 1.82) is 0 Å². The summed E-state index contributed by atoms with van der Waals surface area (Å²) in [4.78, 5) is 17.2. The number of rotatable bonds is 7. The third-order valence-electron chi connectivity index (χ3n) is 4.51. The van der Waals surface area contributed by atoms with Crippen molar-refractivity contribution >= 4 is 68.2 Å². The fourth-order valence-electron chi connectivity index (χ4n) is 3.02. The summed E-state index contributed by atoms with van der Waals surface area (Å²) >= 11 is 4.59. The van der Waals surface area contributed by atoms with E-state index in [1.54, 1.807) is 23.1 Å². The van der Waals surface area contributed by atoms with E-state index in [1.165, 1.54) is 29.6 Å². The maximum atomic E-state index is 11.9. The molecule has 0 saturated carbocycles. The molecule has 0 bridgehead atoms. The Morgan fingerprint density at radius 2 is 1.81 bits per heavy atom. The van der Waals surface area contributed by atoms with Crippen LogP contribution in [0.5, 0.6) is 0 Å². The molecular weight excluding hydrogens is 512 g/mol. The van der Waals surface area contributed by atoms with Crippen molar-refractivity contribution in [3.63, 3.8) is 0 Å². The number of carbonyl (C=O) groups excluding carboxylic acids is 1. The molecule has 2 aromatic heterocycles. The number of benzene rings is 2. The molecule has 0 unspecified atom stereocenters. The molecule has 31 heavy (non-hydrogen) atoms. The molecule has 2 aromatic carbocycles. The number of carbonyl (C=O) groups is 1. The van der Waals surface area contributed by atoms with Crippen LogP contribution in [0.2, 0.25) is 0 Å². The summed E-state index contributed by atoms with van der Waals surface area (Å²) in [6, 6.07) is 20.7. The average Bonchev–Trinajstić information content (AvgIpc) is 3.42. The van der Waals surface area contributed by atoms with Crippen molar-refractivity contribution in [2.45, 2.75) is 10.6 Å². The molecule has 4 rings (SSSR count). The van der Waals surface area contributed by atoms with Crippen LogP contribution in [0.25, 0.3) is 11.3 Å². The predicted molar refractivity (Wildman–Crippen MR) is 138 cm³/mol. The van der Waals surface area contributed by atoms with E-state index in [0.29, 0.717) is 4.88 Å². The molecule has 0 aliphatic rings. The number of anilines is 2. The number of ether oxygens (including phenoxy) is 1. The van der Waals surface area contributed by atoms with Crippen molar-refractivity contribution in [2.24, 2.45) is 0 Å². The number of thiazole rings is 1. The Bertz CT molecular complexity index is 1140. The van der Waals surface area contributed by atoms with Gasteiger partial charge in [-0.1, -0.05) is 42.5 Å². The fourth-order valence-corrected chi connectivity index (χ4v) is 5.55. The van der Waals surface area contributed by atoms with Gasteiger partial charge in [0.15, 0.2) is 5.13 Å². The van der Waals surface area contributed by atoms with E-state index in [1.807, 2.05) is 23.8 Å². The number of thiophene rings is 1. The van der Waals surface area contributed by atoms with E-state index in [4.69, 9.17) is 9.72 Å². The molecule has 0 atom stereocenters. The highest BCUT2D eigenvalue weighted by Gasteiger charge is 2.18. The standard InChI is InChI=1S/C23H20N2O2S3.BrH/c1-27-21(26)20-13-18(22(28-2)30-20)19-14-29-23(25-19)24-17-10-8-16(9-11-17)12-15-6-4-3-5-7-15;/h3-11,13-14H,12H2,1-2H3,(H,24,25);1H. The van der Waals surface area contributed by atoms with Gasteiger partial charge < -0.3 is 10.1 Å². The summed E-state index contributed by atoms with van der Waals surface area (Å²) in [5.41, 5.74) is 5.40. The zero-order valence-corrected chi connectivity index (χ0v) is 21.1. The van der Waals surface area contributed by atoms with Crippen LogP contribution in [0, 0.1) is 0 Å². The smallest absolute Gasteiger partial charge is 0.348 e. The molecule has 4 nitrogen and oxygen atoms in total. The van der Waals surface area contributed by atoms with E-state index >= 15 is 0 Å². The summed E-state index contributed by atoms with van der Waals surface area (Å²) in [5.74, 6) is -0.314. The molecule has 2 heterocycles. The molecular formula is C23H21BrN2O2S3. The van der Waals surface area contributed by atoms with Crippen LogP contribution in [0.15, 0.2) is 70.3 Å².